The maximum Gasteiger partial charge on any atom is 0.272 e. The van der Waals surface area contributed by atoms with Crippen molar-refractivity contribution in [1.29, 1.82) is 0 Å². The number of aromatic nitrogens is 1. The van der Waals surface area contributed by atoms with Crippen molar-refractivity contribution >= 4 is 17.2 Å². The summed E-state index contributed by atoms with van der Waals surface area (Å²) in [7, 11) is 1.75. The zero-order chi connectivity index (χ0) is 14.4. The zero-order valence-corrected chi connectivity index (χ0v) is 11.9. The summed E-state index contributed by atoms with van der Waals surface area (Å²) >= 11 is 1.54. The fraction of sp³-hybridized carbons (Fsp3) is 0.200. The summed E-state index contributed by atoms with van der Waals surface area (Å²) < 4.78 is 0. The molecule has 0 radical (unpaired) electrons. The molecular weight excluding hydrogens is 272 g/mol. The van der Waals surface area contributed by atoms with Crippen LogP contribution in [0.25, 0.3) is 0 Å². The summed E-state index contributed by atoms with van der Waals surface area (Å²) in [5, 5.41) is 10.6. The molecule has 2 aromatic heterocycles. The number of carbonyl (C=O) groups excluding carboxylic acids is 1. The Morgan fingerprint density at radius 3 is 3.05 bits per heavy atom. The Hall–Kier alpha value is -2.16. The van der Waals surface area contributed by atoms with Crippen LogP contribution in [-0.2, 0) is 6.54 Å². The highest BCUT2D eigenvalue weighted by Gasteiger charge is 2.13. The number of nitrogens with zero attached hydrogens (tertiary/aromatic N) is 2. The molecule has 0 aromatic carbocycles. The van der Waals surface area contributed by atoms with E-state index in [2.05, 4.69) is 16.8 Å². The van der Waals surface area contributed by atoms with E-state index in [9.17, 15) is 4.79 Å². The molecule has 102 valence electrons. The molecular formula is C15H14N2O2S. The van der Waals surface area contributed by atoms with Crippen molar-refractivity contribution in [3.05, 3.63) is 52.0 Å². The van der Waals surface area contributed by atoms with Crippen molar-refractivity contribution in [1.82, 2.24) is 9.88 Å². The summed E-state index contributed by atoms with van der Waals surface area (Å²) in [6.45, 7) is 0.365. The van der Waals surface area contributed by atoms with Gasteiger partial charge in [0.1, 0.15) is 12.3 Å². The minimum absolute atomic E-state index is 0.109. The number of thiophene rings is 1. The molecule has 20 heavy (non-hydrogen) atoms. The van der Waals surface area contributed by atoms with Crippen LogP contribution >= 0.6 is 11.3 Å². The number of rotatable bonds is 3. The summed E-state index contributed by atoms with van der Waals surface area (Å²) in [5.74, 6) is 5.34. The normalized spacial score (nSPS) is 9.70. The van der Waals surface area contributed by atoms with Crippen molar-refractivity contribution in [2.24, 2.45) is 0 Å². The number of aliphatic hydroxyl groups excluding tert-OH is 1. The Morgan fingerprint density at radius 1 is 1.50 bits per heavy atom. The highest BCUT2D eigenvalue weighted by Crippen LogP contribution is 2.16. The molecule has 0 saturated heterocycles. The van der Waals surface area contributed by atoms with Crippen LogP contribution in [0.1, 0.15) is 20.9 Å². The first kappa shape index (κ1) is 14.3. The smallest absolute Gasteiger partial charge is 0.272 e. The second-order valence-corrected chi connectivity index (χ2v) is 5.13. The minimum atomic E-state index is -0.150. The van der Waals surface area contributed by atoms with Crippen LogP contribution < -0.4 is 0 Å². The van der Waals surface area contributed by atoms with Crippen LogP contribution in [0.4, 0.5) is 0 Å². The monoisotopic (exact) mass is 286 g/mol. The quantitative estimate of drug-likeness (QED) is 0.875. The Bertz CT molecular complexity index is 641. The first-order chi connectivity index (χ1) is 9.70. The molecule has 0 bridgehead atoms. The summed E-state index contributed by atoms with van der Waals surface area (Å²) in [4.78, 5) is 18.8. The Morgan fingerprint density at radius 2 is 2.35 bits per heavy atom. The fourth-order valence-electron chi connectivity index (χ4n) is 1.66. The lowest BCUT2D eigenvalue weighted by atomic mass is 10.3. The van der Waals surface area contributed by atoms with E-state index in [0.717, 1.165) is 10.4 Å². The molecule has 0 aliphatic carbocycles. The lowest BCUT2D eigenvalue weighted by molar-refractivity contribution is 0.0780. The lowest BCUT2D eigenvalue weighted by Crippen LogP contribution is -2.26. The van der Waals surface area contributed by atoms with Crippen LogP contribution in [0.2, 0.25) is 0 Å². The molecule has 5 heteroatoms. The molecule has 2 aromatic rings. The highest BCUT2D eigenvalue weighted by atomic mass is 32.1. The van der Waals surface area contributed by atoms with Gasteiger partial charge in [0, 0.05) is 29.1 Å². The van der Waals surface area contributed by atoms with E-state index in [0.29, 0.717) is 12.2 Å². The Kier molecular flexibility index (Phi) is 4.88. The van der Waals surface area contributed by atoms with E-state index in [-0.39, 0.29) is 12.5 Å². The SMILES string of the molecule is CN(Cc1cc(C#CCO)cs1)C(=O)c1ccccn1. The van der Waals surface area contributed by atoms with Gasteiger partial charge in [-0.1, -0.05) is 17.9 Å². The zero-order valence-electron chi connectivity index (χ0n) is 11.0. The van der Waals surface area contributed by atoms with Gasteiger partial charge in [-0.3, -0.25) is 9.78 Å². The van der Waals surface area contributed by atoms with Gasteiger partial charge in [0.25, 0.3) is 5.91 Å². The van der Waals surface area contributed by atoms with Gasteiger partial charge in [-0.25, -0.2) is 0 Å². The molecule has 0 spiro atoms. The molecule has 0 fully saturated rings. The number of amides is 1. The molecule has 0 saturated carbocycles. The second kappa shape index (κ2) is 6.85. The largest absolute Gasteiger partial charge is 0.384 e. The third kappa shape index (κ3) is 3.67. The van der Waals surface area contributed by atoms with Gasteiger partial charge in [-0.05, 0) is 18.2 Å². The van der Waals surface area contributed by atoms with Gasteiger partial charge in [0.15, 0.2) is 0 Å². The summed E-state index contributed by atoms with van der Waals surface area (Å²) in [6, 6.07) is 7.20. The van der Waals surface area contributed by atoms with Gasteiger partial charge < -0.3 is 10.0 Å². The van der Waals surface area contributed by atoms with Crippen LogP contribution in [0.15, 0.2) is 35.8 Å². The minimum Gasteiger partial charge on any atom is -0.384 e. The van der Waals surface area contributed by atoms with Gasteiger partial charge >= 0.3 is 0 Å². The molecule has 4 nitrogen and oxygen atoms in total. The molecule has 0 atom stereocenters. The van der Waals surface area contributed by atoms with Gasteiger partial charge in [-0.2, -0.15) is 0 Å². The number of pyridine rings is 1. The molecule has 0 aliphatic rings. The van der Waals surface area contributed by atoms with E-state index < -0.39 is 0 Å². The second-order valence-electron chi connectivity index (χ2n) is 4.14. The molecule has 2 rings (SSSR count). The maximum absolute atomic E-state index is 12.1. The predicted octanol–water partition coefficient (Wildman–Crippen LogP) is 1.76. The maximum atomic E-state index is 12.1. The molecule has 0 unspecified atom stereocenters. The summed E-state index contributed by atoms with van der Waals surface area (Å²) in [6.07, 6.45) is 1.61. The van der Waals surface area contributed by atoms with Crippen LogP contribution in [0.5, 0.6) is 0 Å². The lowest BCUT2D eigenvalue weighted by Gasteiger charge is -2.15. The average Bonchev–Trinajstić information content (AvgIpc) is 2.92. The highest BCUT2D eigenvalue weighted by molar-refractivity contribution is 7.10. The van der Waals surface area contributed by atoms with Crippen LogP contribution in [-0.4, -0.2) is 34.6 Å². The Balaban J connectivity index is 2.02. The van der Waals surface area contributed by atoms with Crippen molar-refractivity contribution in [3.8, 4) is 11.8 Å². The standard InChI is InChI=1S/C15H14N2O2S/c1-17(15(19)14-6-2-3-7-16-14)10-13-9-12(11-20-13)5-4-8-18/h2-3,6-7,9,11,18H,8,10H2,1H3. The third-order valence-corrected chi connectivity index (χ3v) is 3.51. The first-order valence-corrected chi connectivity index (χ1v) is 6.92. The van der Waals surface area contributed by atoms with Crippen molar-refractivity contribution in [3.63, 3.8) is 0 Å². The first-order valence-electron chi connectivity index (χ1n) is 6.04. The molecule has 1 N–H and O–H groups in total. The topological polar surface area (TPSA) is 53.4 Å². The van der Waals surface area contributed by atoms with E-state index in [4.69, 9.17) is 5.11 Å². The number of carbonyl (C=O) groups is 1. The van der Waals surface area contributed by atoms with E-state index in [1.807, 2.05) is 11.4 Å². The third-order valence-electron chi connectivity index (χ3n) is 2.59. The van der Waals surface area contributed by atoms with Gasteiger partial charge in [0.2, 0.25) is 0 Å². The fourth-order valence-corrected chi connectivity index (χ4v) is 2.53. The summed E-state index contributed by atoms with van der Waals surface area (Å²) in [5.41, 5.74) is 1.30. The van der Waals surface area contributed by atoms with Crippen LogP contribution in [0.3, 0.4) is 0 Å². The Labute approximate surface area is 121 Å². The van der Waals surface area contributed by atoms with Gasteiger partial charge in [0.05, 0.1) is 6.54 Å². The number of aliphatic hydroxyl groups is 1. The average molecular weight is 286 g/mol. The predicted molar refractivity (Wildman–Crippen MR) is 78.3 cm³/mol. The van der Waals surface area contributed by atoms with E-state index in [1.165, 1.54) is 0 Å². The van der Waals surface area contributed by atoms with Crippen molar-refractivity contribution in [2.45, 2.75) is 6.54 Å². The van der Waals surface area contributed by atoms with Crippen LogP contribution in [0, 0.1) is 11.8 Å². The van der Waals surface area contributed by atoms with E-state index >= 15 is 0 Å². The number of hydrogen-bond donors (Lipinski definition) is 1. The number of hydrogen-bond acceptors (Lipinski definition) is 4. The van der Waals surface area contributed by atoms with Crippen molar-refractivity contribution in [2.75, 3.05) is 13.7 Å². The molecule has 2 heterocycles. The van der Waals surface area contributed by atoms with Crippen molar-refractivity contribution < 1.29 is 9.90 Å². The van der Waals surface area contributed by atoms with Gasteiger partial charge in [-0.15, -0.1) is 11.3 Å². The molecule has 0 aliphatic heterocycles. The van der Waals surface area contributed by atoms with E-state index in [1.54, 1.807) is 47.7 Å². The molecule has 1 amide bonds.